The molecule has 0 aromatic carbocycles. The molecule has 0 spiro atoms. The summed E-state index contributed by atoms with van der Waals surface area (Å²) < 4.78 is 0. The van der Waals surface area contributed by atoms with E-state index in [0.29, 0.717) is 0 Å². The van der Waals surface area contributed by atoms with E-state index in [4.69, 9.17) is 6.42 Å². The Hall–Kier alpha value is -0.350. The molecular formula is C6H8S. The topological polar surface area (TPSA) is 0 Å². The summed E-state index contributed by atoms with van der Waals surface area (Å²) in [6.07, 6.45) is 5.07. The smallest absolute Gasteiger partial charge is 0.0537 e. The summed E-state index contributed by atoms with van der Waals surface area (Å²) in [5.41, 5.74) is -0.199. The van der Waals surface area contributed by atoms with Gasteiger partial charge in [-0.1, -0.05) is 18.1 Å². The van der Waals surface area contributed by atoms with Crippen molar-refractivity contribution < 1.29 is 0 Å². The molecule has 0 bridgehead atoms. The van der Waals surface area contributed by atoms with Crippen molar-refractivity contribution in [1.29, 1.82) is 0 Å². The largest absolute Gasteiger partial charge is 0.119 e. The molecule has 0 amide bonds. The summed E-state index contributed by atoms with van der Waals surface area (Å²) in [5, 5.41) is 1.59. The Kier molecular flexibility index (Phi) is 1.98. The van der Waals surface area contributed by atoms with E-state index < -0.39 is 0 Å². The van der Waals surface area contributed by atoms with Gasteiger partial charge in [0.1, 0.15) is 0 Å². The summed E-state index contributed by atoms with van der Waals surface area (Å²) >= 11 is 4.62. The molecule has 1 heteroatoms. The molecule has 0 atom stereocenters. The minimum absolute atomic E-state index is 0.199. The standard InChI is InChI=1S/C6H8S/c1-4-6(2,3)5-7/h1,5H,2-3H3. The molecular weight excluding hydrogens is 104 g/mol. The third-order valence-corrected chi connectivity index (χ3v) is 1.26. The van der Waals surface area contributed by atoms with E-state index in [1.165, 1.54) is 0 Å². The Balaban J connectivity index is 3.91. The third-order valence-electron chi connectivity index (χ3n) is 0.667. The Morgan fingerprint density at radius 2 is 2.14 bits per heavy atom. The van der Waals surface area contributed by atoms with Crippen LogP contribution in [0.5, 0.6) is 0 Å². The van der Waals surface area contributed by atoms with Crippen LogP contribution in [0.4, 0.5) is 0 Å². The van der Waals surface area contributed by atoms with Crippen LogP contribution in [0.25, 0.3) is 0 Å². The van der Waals surface area contributed by atoms with Crippen molar-refractivity contribution in [3.8, 4) is 12.3 Å². The maximum atomic E-state index is 5.07. The second-order valence-electron chi connectivity index (χ2n) is 1.98. The van der Waals surface area contributed by atoms with E-state index in [0.717, 1.165) is 0 Å². The van der Waals surface area contributed by atoms with Gasteiger partial charge >= 0.3 is 0 Å². The molecule has 0 fully saturated rings. The van der Waals surface area contributed by atoms with Gasteiger partial charge in [0.2, 0.25) is 0 Å². The molecule has 0 heterocycles. The van der Waals surface area contributed by atoms with Crippen LogP contribution in [0.3, 0.4) is 0 Å². The van der Waals surface area contributed by atoms with Gasteiger partial charge < -0.3 is 0 Å². The van der Waals surface area contributed by atoms with E-state index in [9.17, 15) is 0 Å². The van der Waals surface area contributed by atoms with Crippen LogP contribution in [0.15, 0.2) is 0 Å². The fraction of sp³-hybridized carbons (Fsp3) is 0.500. The Labute approximate surface area is 49.9 Å². The zero-order valence-corrected chi connectivity index (χ0v) is 5.38. The van der Waals surface area contributed by atoms with Crippen molar-refractivity contribution in [2.75, 3.05) is 0 Å². The summed E-state index contributed by atoms with van der Waals surface area (Å²) in [6, 6.07) is 0. The highest BCUT2D eigenvalue weighted by Crippen LogP contribution is 2.07. The fourth-order valence-electron chi connectivity index (χ4n) is 0.0340. The van der Waals surface area contributed by atoms with E-state index in [2.05, 4.69) is 18.1 Å². The van der Waals surface area contributed by atoms with Gasteiger partial charge in [-0.15, -0.1) is 6.42 Å². The maximum Gasteiger partial charge on any atom is 0.0537 e. The van der Waals surface area contributed by atoms with Crippen molar-refractivity contribution in [3.05, 3.63) is 0 Å². The highest BCUT2D eigenvalue weighted by molar-refractivity contribution is 7.79. The van der Waals surface area contributed by atoms with Gasteiger partial charge in [0.15, 0.2) is 0 Å². The lowest BCUT2D eigenvalue weighted by atomic mass is 9.99. The molecule has 0 nitrogen and oxygen atoms in total. The van der Waals surface area contributed by atoms with Gasteiger partial charge in [-0.05, 0) is 19.2 Å². The predicted octanol–water partition coefficient (Wildman–Crippen LogP) is 1.65. The molecule has 0 saturated heterocycles. The van der Waals surface area contributed by atoms with E-state index in [-0.39, 0.29) is 5.41 Å². The van der Waals surface area contributed by atoms with Crippen molar-refractivity contribution in [2.45, 2.75) is 13.8 Å². The van der Waals surface area contributed by atoms with E-state index >= 15 is 0 Å². The fourth-order valence-corrected chi connectivity index (χ4v) is 0.102. The van der Waals surface area contributed by atoms with Gasteiger partial charge in [-0.3, -0.25) is 0 Å². The molecule has 38 valence electrons. The predicted molar refractivity (Wildman–Crippen MR) is 36.3 cm³/mol. The van der Waals surface area contributed by atoms with Crippen molar-refractivity contribution in [3.63, 3.8) is 0 Å². The zero-order chi connectivity index (χ0) is 5.91. The average Bonchev–Trinajstić information content (AvgIpc) is 1.68. The molecule has 0 aliphatic carbocycles. The molecule has 0 radical (unpaired) electrons. The summed E-state index contributed by atoms with van der Waals surface area (Å²) in [5.74, 6) is 2.53. The lowest BCUT2D eigenvalue weighted by Gasteiger charge is -2.05. The number of thiocarbonyl (C=S) groups is 1. The Morgan fingerprint density at radius 3 is 2.14 bits per heavy atom. The highest BCUT2D eigenvalue weighted by Gasteiger charge is 2.06. The molecule has 0 aromatic rings. The normalized spacial score (nSPS) is 9.86. The average molecular weight is 112 g/mol. The van der Waals surface area contributed by atoms with Crippen molar-refractivity contribution >= 4 is 17.6 Å². The maximum absolute atomic E-state index is 5.07. The monoisotopic (exact) mass is 112 g/mol. The molecule has 0 saturated carbocycles. The minimum atomic E-state index is -0.199. The number of rotatable bonds is 1. The second kappa shape index (κ2) is 2.09. The van der Waals surface area contributed by atoms with Gasteiger partial charge in [0.05, 0.1) is 5.41 Å². The Bertz CT molecular complexity index is 106. The second-order valence-corrected chi connectivity index (χ2v) is 2.22. The molecule has 0 aliphatic rings. The molecule has 7 heavy (non-hydrogen) atoms. The van der Waals surface area contributed by atoms with Crippen molar-refractivity contribution in [2.24, 2.45) is 5.41 Å². The lowest BCUT2D eigenvalue weighted by Crippen LogP contribution is -2.06. The minimum Gasteiger partial charge on any atom is -0.119 e. The van der Waals surface area contributed by atoms with Crippen molar-refractivity contribution in [1.82, 2.24) is 0 Å². The molecule has 0 N–H and O–H groups in total. The SMILES string of the molecule is C#CC(C)(C)C=S. The van der Waals surface area contributed by atoms with Gasteiger partial charge in [0, 0.05) is 0 Å². The van der Waals surface area contributed by atoms with Crippen LogP contribution in [0.2, 0.25) is 0 Å². The first kappa shape index (κ1) is 6.65. The molecule has 0 unspecified atom stereocenters. The van der Waals surface area contributed by atoms with Gasteiger partial charge in [-0.2, -0.15) is 0 Å². The highest BCUT2D eigenvalue weighted by atomic mass is 32.1. The Morgan fingerprint density at radius 1 is 1.71 bits per heavy atom. The first-order valence-corrected chi connectivity index (χ1v) is 2.53. The van der Waals surface area contributed by atoms with Crippen LogP contribution >= 0.6 is 12.2 Å². The first-order chi connectivity index (χ1) is 3.12. The summed E-state index contributed by atoms with van der Waals surface area (Å²) in [7, 11) is 0. The lowest BCUT2D eigenvalue weighted by molar-refractivity contribution is 0.736. The van der Waals surface area contributed by atoms with Crippen LogP contribution in [-0.4, -0.2) is 5.37 Å². The first-order valence-electron chi connectivity index (χ1n) is 2.06. The van der Waals surface area contributed by atoms with Gasteiger partial charge in [-0.25, -0.2) is 0 Å². The molecule has 0 aromatic heterocycles. The van der Waals surface area contributed by atoms with E-state index in [1.807, 2.05) is 13.8 Å². The number of hydrogen-bond donors (Lipinski definition) is 0. The van der Waals surface area contributed by atoms with E-state index in [1.54, 1.807) is 5.37 Å². The molecule has 0 rings (SSSR count). The van der Waals surface area contributed by atoms with Gasteiger partial charge in [0.25, 0.3) is 0 Å². The summed E-state index contributed by atoms with van der Waals surface area (Å²) in [6.45, 7) is 3.81. The third kappa shape index (κ3) is 2.36. The van der Waals surface area contributed by atoms with Crippen LogP contribution < -0.4 is 0 Å². The number of hydrogen-bond acceptors (Lipinski definition) is 1. The quantitative estimate of drug-likeness (QED) is 0.367. The zero-order valence-electron chi connectivity index (χ0n) is 4.56. The summed E-state index contributed by atoms with van der Waals surface area (Å²) in [4.78, 5) is 0. The van der Waals surface area contributed by atoms with Crippen LogP contribution in [0.1, 0.15) is 13.8 Å². The number of terminal acetylenes is 1. The molecule has 0 aliphatic heterocycles. The van der Waals surface area contributed by atoms with Crippen LogP contribution in [-0.2, 0) is 0 Å². The van der Waals surface area contributed by atoms with Crippen LogP contribution in [0, 0.1) is 17.8 Å².